The molecular weight excluding hydrogens is 383 g/mol. The SMILES string of the molecule is N#Cc1cc(F)c(NC2CCCOc3c(Cl)cccc32)cc1Br. The largest absolute Gasteiger partial charge is 0.492 e. The predicted molar refractivity (Wildman–Crippen MR) is 91.4 cm³/mol. The van der Waals surface area contributed by atoms with Crippen molar-refractivity contribution in [2.24, 2.45) is 0 Å². The number of ether oxygens (including phenoxy) is 1. The van der Waals surface area contributed by atoms with Crippen molar-refractivity contribution in [3.8, 4) is 11.8 Å². The standard InChI is InChI=1S/C17H13BrClFN2O/c18-12-8-16(14(20)7-10(12)9-21)22-15-5-2-6-23-17-11(15)3-1-4-13(17)19/h1,3-4,7-8,15,22H,2,5-6H2. The monoisotopic (exact) mass is 394 g/mol. The van der Waals surface area contributed by atoms with E-state index < -0.39 is 5.82 Å². The molecule has 0 radical (unpaired) electrons. The van der Waals surface area contributed by atoms with Crippen LogP contribution in [0.25, 0.3) is 0 Å². The molecule has 0 amide bonds. The molecule has 1 heterocycles. The van der Waals surface area contributed by atoms with Crippen LogP contribution in [0.1, 0.15) is 30.0 Å². The van der Waals surface area contributed by atoms with Crippen LogP contribution in [0, 0.1) is 17.1 Å². The Hall–Kier alpha value is -1.77. The van der Waals surface area contributed by atoms with E-state index in [-0.39, 0.29) is 11.6 Å². The molecule has 1 aliphatic heterocycles. The van der Waals surface area contributed by atoms with E-state index in [1.807, 2.05) is 18.2 Å². The molecule has 0 saturated heterocycles. The number of anilines is 1. The Morgan fingerprint density at radius 2 is 2.22 bits per heavy atom. The van der Waals surface area contributed by atoms with Crippen LogP contribution < -0.4 is 10.1 Å². The first-order chi connectivity index (χ1) is 11.1. The second-order valence-electron chi connectivity index (χ2n) is 5.27. The van der Waals surface area contributed by atoms with Gasteiger partial charge in [-0.15, -0.1) is 0 Å². The van der Waals surface area contributed by atoms with E-state index in [9.17, 15) is 4.39 Å². The Bertz CT molecular complexity index is 791. The molecule has 6 heteroatoms. The minimum atomic E-state index is -0.460. The summed E-state index contributed by atoms with van der Waals surface area (Å²) in [4.78, 5) is 0. The lowest BCUT2D eigenvalue weighted by atomic mass is 10.0. The lowest BCUT2D eigenvalue weighted by Gasteiger charge is -2.20. The van der Waals surface area contributed by atoms with E-state index in [4.69, 9.17) is 21.6 Å². The highest BCUT2D eigenvalue weighted by Crippen LogP contribution is 2.39. The summed E-state index contributed by atoms with van der Waals surface area (Å²) in [6.45, 7) is 0.578. The Balaban J connectivity index is 1.97. The number of fused-ring (bicyclic) bond motifs is 1. The van der Waals surface area contributed by atoms with Crippen molar-refractivity contribution < 1.29 is 9.13 Å². The fourth-order valence-corrected chi connectivity index (χ4v) is 3.32. The van der Waals surface area contributed by atoms with Gasteiger partial charge in [-0.1, -0.05) is 23.7 Å². The molecule has 1 atom stereocenters. The van der Waals surface area contributed by atoms with Crippen molar-refractivity contribution in [3.63, 3.8) is 0 Å². The third kappa shape index (κ3) is 3.29. The Labute approximate surface area is 147 Å². The van der Waals surface area contributed by atoms with Gasteiger partial charge in [-0.2, -0.15) is 5.26 Å². The lowest BCUT2D eigenvalue weighted by Crippen LogP contribution is -2.11. The van der Waals surface area contributed by atoms with Gasteiger partial charge in [0.05, 0.1) is 28.9 Å². The maximum absolute atomic E-state index is 14.2. The van der Waals surface area contributed by atoms with Crippen molar-refractivity contribution in [2.75, 3.05) is 11.9 Å². The number of nitrogens with zero attached hydrogens (tertiary/aromatic N) is 1. The van der Waals surface area contributed by atoms with Crippen LogP contribution in [0.3, 0.4) is 0 Å². The minimum absolute atomic E-state index is 0.111. The summed E-state index contributed by atoms with van der Waals surface area (Å²) in [5.41, 5.74) is 1.52. The van der Waals surface area contributed by atoms with Crippen molar-refractivity contribution in [1.29, 1.82) is 5.26 Å². The maximum atomic E-state index is 14.2. The number of halogens is 3. The molecule has 2 aromatic carbocycles. The number of hydrogen-bond donors (Lipinski definition) is 1. The lowest BCUT2D eigenvalue weighted by molar-refractivity contribution is 0.316. The number of nitriles is 1. The van der Waals surface area contributed by atoms with Gasteiger partial charge >= 0.3 is 0 Å². The highest BCUT2D eigenvalue weighted by atomic mass is 79.9. The first kappa shape index (κ1) is 16.1. The fourth-order valence-electron chi connectivity index (χ4n) is 2.65. The van der Waals surface area contributed by atoms with Crippen LogP contribution in [0.5, 0.6) is 5.75 Å². The summed E-state index contributed by atoms with van der Waals surface area (Å²) in [7, 11) is 0. The molecular formula is C17H13BrClFN2O. The second kappa shape index (κ2) is 6.77. The molecule has 1 N–H and O–H groups in total. The van der Waals surface area contributed by atoms with Crippen LogP contribution in [0.4, 0.5) is 10.1 Å². The molecule has 3 nitrogen and oxygen atoms in total. The molecule has 0 fully saturated rings. The molecule has 0 bridgehead atoms. The van der Waals surface area contributed by atoms with E-state index in [0.29, 0.717) is 27.5 Å². The van der Waals surface area contributed by atoms with Gasteiger partial charge in [0.2, 0.25) is 0 Å². The van der Waals surface area contributed by atoms with Gasteiger partial charge in [0.1, 0.15) is 17.6 Å². The number of benzene rings is 2. The summed E-state index contributed by atoms with van der Waals surface area (Å²) in [6.07, 6.45) is 1.63. The van der Waals surface area contributed by atoms with Crippen LogP contribution in [-0.2, 0) is 0 Å². The average molecular weight is 396 g/mol. The zero-order valence-electron chi connectivity index (χ0n) is 12.1. The zero-order chi connectivity index (χ0) is 16.4. The van der Waals surface area contributed by atoms with Crippen molar-refractivity contribution in [3.05, 3.63) is 56.8 Å². The van der Waals surface area contributed by atoms with E-state index in [2.05, 4.69) is 21.2 Å². The minimum Gasteiger partial charge on any atom is -0.492 e. The normalized spacial score (nSPS) is 16.7. The molecule has 0 aromatic heterocycles. The molecule has 0 spiro atoms. The topological polar surface area (TPSA) is 45.0 Å². The summed E-state index contributed by atoms with van der Waals surface area (Å²) < 4.78 is 20.5. The Morgan fingerprint density at radius 3 is 3.00 bits per heavy atom. The van der Waals surface area contributed by atoms with Gasteiger partial charge in [0.25, 0.3) is 0 Å². The van der Waals surface area contributed by atoms with Gasteiger partial charge in [0.15, 0.2) is 0 Å². The van der Waals surface area contributed by atoms with Crippen LogP contribution in [0.2, 0.25) is 5.02 Å². The maximum Gasteiger partial charge on any atom is 0.147 e. The highest BCUT2D eigenvalue weighted by molar-refractivity contribution is 9.10. The summed E-state index contributed by atoms with van der Waals surface area (Å²) in [5, 5.41) is 12.7. The highest BCUT2D eigenvalue weighted by Gasteiger charge is 2.22. The van der Waals surface area contributed by atoms with Gasteiger partial charge in [-0.05, 0) is 47.0 Å². The van der Waals surface area contributed by atoms with Gasteiger partial charge in [0, 0.05) is 10.0 Å². The fraction of sp³-hybridized carbons (Fsp3) is 0.235. The van der Waals surface area contributed by atoms with E-state index in [0.717, 1.165) is 18.4 Å². The van der Waals surface area contributed by atoms with Crippen LogP contribution in [0.15, 0.2) is 34.8 Å². The molecule has 23 heavy (non-hydrogen) atoms. The second-order valence-corrected chi connectivity index (χ2v) is 6.53. The molecule has 1 unspecified atom stereocenters. The zero-order valence-corrected chi connectivity index (χ0v) is 14.4. The Morgan fingerprint density at radius 1 is 1.39 bits per heavy atom. The van der Waals surface area contributed by atoms with Crippen LogP contribution in [-0.4, -0.2) is 6.61 Å². The molecule has 2 aromatic rings. The predicted octanol–water partition coefficient (Wildman–Crippen LogP) is 5.44. The number of para-hydroxylation sites is 1. The van der Waals surface area contributed by atoms with Gasteiger partial charge < -0.3 is 10.1 Å². The average Bonchev–Trinajstić information content (AvgIpc) is 2.74. The number of nitrogens with one attached hydrogen (secondary N) is 1. The molecule has 0 aliphatic carbocycles. The third-order valence-electron chi connectivity index (χ3n) is 3.76. The summed E-state index contributed by atoms with van der Waals surface area (Å²) >= 11 is 9.50. The number of rotatable bonds is 2. The van der Waals surface area contributed by atoms with Gasteiger partial charge in [-0.25, -0.2) is 4.39 Å². The van der Waals surface area contributed by atoms with Crippen molar-refractivity contribution in [2.45, 2.75) is 18.9 Å². The summed E-state index contributed by atoms with van der Waals surface area (Å²) in [6, 6.07) is 10.2. The van der Waals surface area contributed by atoms with Crippen molar-refractivity contribution in [1.82, 2.24) is 0 Å². The first-order valence-electron chi connectivity index (χ1n) is 7.17. The molecule has 3 rings (SSSR count). The van der Waals surface area contributed by atoms with Gasteiger partial charge in [-0.3, -0.25) is 0 Å². The smallest absolute Gasteiger partial charge is 0.147 e. The quantitative estimate of drug-likeness (QED) is 0.736. The molecule has 0 saturated carbocycles. The Kier molecular flexibility index (Phi) is 4.74. The van der Waals surface area contributed by atoms with E-state index in [1.54, 1.807) is 12.1 Å². The van der Waals surface area contributed by atoms with Crippen LogP contribution >= 0.6 is 27.5 Å². The molecule has 1 aliphatic rings. The first-order valence-corrected chi connectivity index (χ1v) is 8.34. The third-order valence-corrected chi connectivity index (χ3v) is 4.72. The van der Waals surface area contributed by atoms with E-state index >= 15 is 0 Å². The molecule has 118 valence electrons. The number of hydrogen-bond acceptors (Lipinski definition) is 3. The van der Waals surface area contributed by atoms with Crippen molar-refractivity contribution >= 4 is 33.2 Å². The summed E-state index contributed by atoms with van der Waals surface area (Å²) in [5.74, 6) is 0.191. The van der Waals surface area contributed by atoms with E-state index in [1.165, 1.54) is 6.07 Å².